The average Bonchev–Trinajstić information content (AvgIpc) is 2.50. The van der Waals surface area contributed by atoms with E-state index in [-0.39, 0.29) is 29.7 Å². The molecule has 22 heavy (non-hydrogen) atoms. The van der Waals surface area contributed by atoms with E-state index >= 15 is 0 Å². The van der Waals surface area contributed by atoms with Crippen molar-refractivity contribution in [3.63, 3.8) is 0 Å². The molecule has 0 saturated carbocycles. The minimum atomic E-state index is -0.880. The molecule has 1 aromatic carbocycles. The molecule has 0 aliphatic carbocycles. The molecule has 1 aliphatic heterocycles. The highest BCUT2D eigenvalue weighted by Crippen LogP contribution is 2.24. The van der Waals surface area contributed by atoms with Crippen molar-refractivity contribution < 1.29 is 23.1 Å². The molecule has 2 rings (SSSR count). The van der Waals surface area contributed by atoms with Gasteiger partial charge in [0.25, 0.3) is 5.91 Å². The van der Waals surface area contributed by atoms with Gasteiger partial charge in [-0.15, -0.1) is 0 Å². The molecule has 0 N–H and O–H groups in total. The summed E-state index contributed by atoms with van der Waals surface area (Å²) in [7, 11) is 0. The Kier molecular flexibility index (Phi) is 5.34. The third kappa shape index (κ3) is 3.55. The molecule has 1 amide bonds. The van der Waals surface area contributed by atoms with Gasteiger partial charge in [-0.3, -0.25) is 9.59 Å². The third-order valence-electron chi connectivity index (χ3n) is 3.57. The molecule has 0 unspecified atom stereocenters. The van der Waals surface area contributed by atoms with Crippen LogP contribution in [0.4, 0.5) is 8.78 Å². The van der Waals surface area contributed by atoms with Crippen molar-refractivity contribution in [1.82, 2.24) is 4.90 Å². The first-order chi connectivity index (χ1) is 10.4. The summed E-state index contributed by atoms with van der Waals surface area (Å²) in [5, 5.41) is -0.378. The van der Waals surface area contributed by atoms with E-state index in [0.717, 1.165) is 12.1 Å². The fourth-order valence-corrected chi connectivity index (χ4v) is 2.62. The lowest BCUT2D eigenvalue weighted by Crippen LogP contribution is -2.43. The number of nitrogens with zero attached hydrogens (tertiary/aromatic N) is 1. The van der Waals surface area contributed by atoms with Gasteiger partial charge in [-0.05, 0) is 31.9 Å². The number of halogens is 3. The number of benzene rings is 1. The summed E-state index contributed by atoms with van der Waals surface area (Å²) < 4.78 is 32.2. The maximum Gasteiger partial charge on any atom is 0.310 e. The van der Waals surface area contributed by atoms with E-state index in [0.29, 0.717) is 19.4 Å². The molecular formula is C15H16ClF2NO3. The van der Waals surface area contributed by atoms with Gasteiger partial charge in [0.2, 0.25) is 0 Å². The second-order valence-electron chi connectivity index (χ2n) is 5.09. The molecule has 1 aromatic rings. The molecule has 0 radical (unpaired) electrons. The molecule has 0 spiro atoms. The van der Waals surface area contributed by atoms with Crippen LogP contribution in [0.2, 0.25) is 5.02 Å². The zero-order valence-electron chi connectivity index (χ0n) is 12.1. The normalized spacial score (nSPS) is 18.2. The van der Waals surface area contributed by atoms with Crippen LogP contribution in [0.3, 0.4) is 0 Å². The summed E-state index contributed by atoms with van der Waals surface area (Å²) in [5.41, 5.74) is -0.383. The zero-order chi connectivity index (χ0) is 16.3. The van der Waals surface area contributed by atoms with Crippen molar-refractivity contribution in [2.24, 2.45) is 5.92 Å². The Morgan fingerprint density at radius 2 is 2.09 bits per heavy atom. The predicted octanol–water partition coefficient (Wildman–Crippen LogP) is 3.03. The molecule has 1 aliphatic rings. The van der Waals surface area contributed by atoms with Crippen molar-refractivity contribution in [2.45, 2.75) is 19.8 Å². The molecular weight excluding hydrogens is 316 g/mol. The van der Waals surface area contributed by atoms with Gasteiger partial charge in [0.15, 0.2) is 0 Å². The van der Waals surface area contributed by atoms with Crippen molar-refractivity contribution in [2.75, 3.05) is 19.7 Å². The number of hydrogen-bond acceptors (Lipinski definition) is 3. The summed E-state index contributed by atoms with van der Waals surface area (Å²) in [6.07, 6.45) is 1.22. The number of rotatable bonds is 3. The molecule has 7 heteroatoms. The molecule has 1 fully saturated rings. The monoisotopic (exact) mass is 331 g/mol. The molecule has 120 valence electrons. The molecule has 1 saturated heterocycles. The van der Waals surface area contributed by atoms with Crippen LogP contribution < -0.4 is 0 Å². The molecule has 1 heterocycles. The number of esters is 1. The van der Waals surface area contributed by atoms with Crippen molar-refractivity contribution >= 4 is 23.5 Å². The van der Waals surface area contributed by atoms with Gasteiger partial charge in [-0.1, -0.05) is 11.6 Å². The van der Waals surface area contributed by atoms with Crippen LogP contribution in [0.25, 0.3) is 0 Å². The van der Waals surface area contributed by atoms with Gasteiger partial charge in [-0.2, -0.15) is 0 Å². The number of hydrogen-bond donors (Lipinski definition) is 0. The highest BCUT2D eigenvalue weighted by Gasteiger charge is 2.31. The number of likely N-dealkylation sites (tertiary alicyclic amines) is 1. The smallest absolute Gasteiger partial charge is 0.310 e. The lowest BCUT2D eigenvalue weighted by Gasteiger charge is -2.31. The summed E-state index contributed by atoms with van der Waals surface area (Å²) >= 11 is 5.47. The van der Waals surface area contributed by atoms with Crippen molar-refractivity contribution in [1.29, 1.82) is 0 Å². The predicted molar refractivity (Wildman–Crippen MR) is 76.6 cm³/mol. The summed E-state index contributed by atoms with van der Waals surface area (Å²) in [6.45, 7) is 2.50. The number of ether oxygens (including phenoxy) is 1. The first-order valence-electron chi connectivity index (χ1n) is 7.04. The summed E-state index contributed by atoms with van der Waals surface area (Å²) in [6, 6.07) is 1.56. The van der Waals surface area contributed by atoms with E-state index in [4.69, 9.17) is 16.3 Å². The number of carbonyl (C=O) groups is 2. The minimum absolute atomic E-state index is 0.140. The Morgan fingerprint density at radius 1 is 1.36 bits per heavy atom. The Bertz CT molecular complexity index is 594. The lowest BCUT2D eigenvalue weighted by atomic mass is 9.97. The van der Waals surface area contributed by atoms with Crippen LogP contribution in [0.1, 0.15) is 30.1 Å². The quantitative estimate of drug-likeness (QED) is 0.632. The summed E-state index contributed by atoms with van der Waals surface area (Å²) in [5.74, 6) is -3.19. The lowest BCUT2D eigenvalue weighted by molar-refractivity contribution is -0.149. The fraction of sp³-hybridized carbons (Fsp3) is 0.467. The van der Waals surface area contributed by atoms with Gasteiger partial charge in [0, 0.05) is 13.1 Å². The maximum atomic E-state index is 13.8. The third-order valence-corrected chi connectivity index (χ3v) is 3.86. The van der Waals surface area contributed by atoms with Gasteiger partial charge in [-0.25, -0.2) is 8.78 Å². The Labute approximate surface area is 132 Å². The van der Waals surface area contributed by atoms with Crippen LogP contribution in [0, 0.1) is 17.6 Å². The highest BCUT2D eigenvalue weighted by molar-refractivity contribution is 6.30. The largest absolute Gasteiger partial charge is 0.466 e. The fourth-order valence-electron chi connectivity index (χ4n) is 2.47. The van der Waals surface area contributed by atoms with Crippen LogP contribution in [-0.2, 0) is 9.53 Å². The van der Waals surface area contributed by atoms with Crippen molar-refractivity contribution in [3.8, 4) is 0 Å². The summed E-state index contributed by atoms with van der Waals surface area (Å²) in [4.78, 5) is 25.4. The van der Waals surface area contributed by atoms with E-state index in [1.165, 1.54) is 4.90 Å². The second-order valence-corrected chi connectivity index (χ2v) is 5.50. The van der Waals surface area contributed by atoms with E-state index < -0.39 is 23.5 Å². The van der Waals surface area contributed by atoms with Gasteiger partial charge >= 0.3 is 5.97 Å². The first-order valence-corrected chi connectivity index (χ1v) is 7.42. The highest BCUT2D eigenvalue weighted by atomic mass is 35.5. The van der Waals surface area contributed by atoms with E-state index in [1.54, 1.807) is 6.92 Å². The SMILES string of the molecule is CCOC(=O)[C@@H]1CCCN(C(=O)c2cc(F)c(Cl)cc2F)C1. The Hall–Kier alpha value is -1.69. The van der Waals surface area contributed by atoms with Crippen LogP contribution in [-0.4, -0.2) is 36.5 Å². The van der Waals surface area contributed by atoms with Crippen molar-refractivity contribution in [3.05, 3.63) is 34.4 Å². The Morgan fingerprint density at radius 3 is 2.77 bits per heavy atom. The average molecular weight is 332 g/mol. The Balaban J connectivity index is 2.15. The van der Waals surface area contributed by atoms with E-state index in [9.17, 15) is 18.4 Å². The van der Waals surface area contributed by atoms with Crippen LogP contribution >= 0.6 is 11.6 Å². The van der Waals surface area contributed by atoms with Crippen LogP contribution in [0.5, 0.6) is 0 Å². The zero-order valence-corrected chi connectivity index (χ0v) is 12.8. The minimum Gasteiger partial charge on any atom is -0.466 e. The molecule has 4 nitrogen and oxygen atoms in total. The number of amides is 1. The van der Waals surface area contributed by atoms with Crippen LogP contribution in [0.15, 0.2) is 12.1 Å². The van der Waals surface area contributed by atoms with Gasteiger partial charge in [0.05, 0.1) is 23.1 Å². The topological polar surface area (TPSA) is 46.6 Å². The molecule has 0 aromatic heterocycles. The standard InChI is InChI=1S/C15H16ClF2NO3/c1-2-22-15(21)9-4-3-5-19(8-9)14(20)10-6-13(18)11(16)7-12(10)17/h6-7,9H,2-5,8H2,1H3/t9-/m1/s1. The maximum absolute atomic E-state index is 13.8. The van der Waals surface area contributed by atoms with Gasteiger partial charge in [0.1, 0.15) is 11.6 Å². The van der Waals surface area contributed by atoms with E-state index in [2.05, 4.69) is 0 Å². The molecule has 0 bridgehead atoms. The first kappa shape index (κ1) is 16.7. The second kappa shape index (κ2) is 7.05. The number of piperidine rings is 1. The van der Waals surface area contributed by atoms with E-state index in [1.807, 2.05) is 0 Å². The number of carbonyl (C=O) groups excluding carboxylic acids is 2. The van der Waals surface area contributed by atoms with Gasteiger partial charge < -0.3 is 9.64 Å². The molecule has 1 atom stereocenters.